The van der Waals surface area contributed by atoms with Gasteiger partial charge in [0.15, 0.2) is 0 Å². The number of amides is 1. The maximum absolute atomic E-state index is 12.6. The highest BCUT2D eigenvalue weighted by atomic mass is 16.5. The number of ether oxygens (including phenoxy) is 1. The molecular weight excluding hydrogens is 266 g/mol. The molecule has 4 heteroatoms. The molecule has 1 aromatic carbocycles. The van der Waals surface area contributed by atoms with Crippen molar-refractivity contribution in [2.75, 3.05) is 20.2 Å². The third-order valence-electron chi connectivity index (χ3n) is 4.75. The standard InChI is InChI=1S/C17H21NO3/c1-11-9-18(10-15(11)17(20)21-2)16(19)14-7-6-12-4-3-5-13(12)8-14/h6-8,11,15H,3-5,9-10H2,1-2H3. The molecule has 0 saturated carbocycles. The zero-order valence-corrected chi connectivity index (χ0v) is 12.6. The molecule has 1 saturated heterocycles. The molecule has 3 rings (SSSR count). The molecule has 0 aromatic heterocycles. The second-order valence-electron chi connectivity index (χ2n) is 6.15. The minimum absolute atomic E-state index is 0.0305. The monoisotopic (exact) mass is 287 g/mol. The number of carbonyl (C=O) groups is 2. The smallest absolute Gasteiger partial charge is 0.310 e. The molecule has 1 aromatic rings. The van der Waals surface area contributed by atoms with Crippen LogP contribution in [0.3, 0.4) is 0 Å². The van der Waals surface area contributed by atoms with Crippen molar-refractivity contribution in [2.24, 2.45) is 11.8 Å². The number of hydrogen-bond acceptors (Lipinski definition) is 3. The van der Waals surface area contributed by atoms with E-state index in [2.05, 4.69) is 6.07 Å². The van der Waals surface area contributed by atoms with E-state index in [9.17, 15) is 9.59 Å². The number of aryl methyl sites for hydroxylation is 2. The zero-order chi connectivity index (χ0) is 15.0. The quantitative estimate of drug-likeness (QED) is 0.782. The first-order valence-corrected chi connectivity index (χ1v) is 7.59. The van der Waals surface area contributed by atoms with E-state index in [4.69, 9.17) is 4.74 Å². The summed E-state index contributed by atoms with van der Waals surface area (Å²) in [5, 5.41) is 0. The van der Waals surface area contributed by atoms with Crippen molar-refractivity contribution in [1.82, 2.24) is 4.90 Å². The molecule has 0 bridgehead atoms. The highest BCUT2D eigenvalue weighted by Crippen LogP contribution is 2.27. The van der Waals surface area contributed by atoms with Crippen molar-refractivity contribution in [3.8, 4) is 0 Å². The van der Waals surface area contributed by atoms with Crippen LogP contribution in [0.2, 0.25) is 0 Å². The lowest BCUT2D eigenvalue weighted by Gasteiger charge is -2.16. The summed E-state index contributed by atoms with van der Waals surface area (Å²) in [7, 11) is 1.40. The molecule has 1 aliphatic carbocycles. The molecule has 0 radical (unpaired) electrons. The molecule has 1 heterocycles. The van der Waals surface area contributed by atoms with Gasteiger partial charge in [-0.1, -0.05) is 13.0 Å². The number of fused-ring (bicyclic) bond motifs is 1. The van der Waals surface area contributed by atoms with Gasteiger partial charge in [-0.3, -0.25) is 9.59 Å². The Bertz CT molecular complexity index is 581. The highest BCUT2D eigenvalue weighted by molar-refractivity contribution is 5.95. The van der Waals surface area contributed by atoms with Crippen molar-refractivity contribution in [2.45, 2.75) is 26.2 Å². The summed E-state index contributed by atoms with van der Waals surface area (Å²) in [6.07, 6.45) is 3.37. The van der Waals surface area contributed by atoms with Crippen molar-refractivity contribution in [1.29, 1.82) is 0 Å². The number of carbonyl (C=O) groups excluding carboxylic acids is 2. The summed E-state index contributed by atoms with van der Waals surface area (Å²) in [4.78, 5) is 26.1. The summed E-state index contributed by atoms with van der Waals surface area (Å²) in [6, 6.07) is 6.02. The summed E-state index contributed by atoms with van der Waals surface area (Å²) in [5.74, 6) is -0.237. The van der Waals surface area contributed by atoms with Crippen LogP contribution >= 0.6 is 0 Å². The molecule has 21 heavy (non-hydrogen) atoms. The Balaban J connectivity index is 1.76. The third kappa shape index (κ3) is 2.55. The van der Waals surface area contributed by atoms with Gasteiger partial charge in [0.25, 0.3) is 5.91 Å². The molecule has 112 valence electrons. The summed E-state index contributed by atoms with van der Waals surface area (Å²) in [5.41, 5.74) is 3.42. The van der Waals surface area contributed by atoms with Gasteiger partial charge in [-0.05, 0) is 48.4 Å². The molecule has 2 unspecified atom stereocenters. The van der Waals surface area contributed by atoms with E-state index in [0.29, 0.717) is 13.1 Å². The Kier molecular flexibility index (Phi) is 3.70. The number of esters is 1. The average molecular weight is 287 g/mol. The van der Waals surface area contributed by atoms with Crippen LogP contribution in [0.25, 0.3) is 0 Å². The van der Waals surface area contributed by atoms with Crippen LogP contribution in [0.4, 0.5) is 0 Å². The lowest BCUT2D eigenvalue weighted by atomic mass is 9.99. The fourth-order valence-electron chi connectivity index (χ4n) is 3.48. The molecule has 2 aliphatic rings. The predicted molar refractivity (Wildman–Crippen MR) is 79.0 cm³/mol. The predicted octanol–water partition coefficient (Wildman–Crippen LogP) is 2.06. The topological polar surface area (TPSA) is 46.6 Å². The Morgan fingerprint density at radius 2 is 1.95 bits per heavy atom. The van der Waals surface area contributed by atoms with Crippen LogP contribution in [0.15, 0.2) is 18.2 Å². The normalized spacial score (nSPS) is 24.0. The maximum Gasteiger partial charge on any atom is 0.310 e. The van der Waals surface area contributed by atoms with Crippen LogP contribution < -0.4 is 0 Å². The van der Waals surface area contributed by atoms with E-state index in [-0.39, 0.29) is 23.7 Å². The number of methoxy groups -OCH3 is 1. The second kappa shape index (κ2) is 5.51. The van der Waals surface area contributed by atoms with E-state index < -0.39 is 0 Å². The average Bonchev–Trinajstić information content (AvgIpc) is 3.11. The van der Waals surface area contributed by atoms with Gasteiger partial charge in [-0.25, -0.2) is 0 Å². The second-order valence-corrected chi connectivity index (χ2v) is 6.15. The SMILES string of the molecule is COC(=O)C1CN(C(=O)c2ccc3c(c2)CCC3)CC1C. The number of rotatable bonds is 2. The van der Waals surface area contributed by atoms with Gasteiger partial charge >= 0.3 is 5.97 Å². The van der Waals surface area contributed by atoms with E-state index in [0.717, 1.165) is 18.4 Å². The number of nitrogens with zero attached hydrogens (tertiary/aromatic N) is 1. The first-order valence-electron chi connectivity index (χ1n) is 7.59. The molecule has 0 spiro atoms. The van der Waals surface area contributed by atoms with Crippen LogP contribution in [0.1, 0.15) is 34.8 Å². The first kappa shape index (κ1) is 14.1. The molecule has 0 N–H and O–H groups in total. The molecule has 1 amide bonds. The number of likely N-dealkylation sites (tertiary alicyclic amines) is 1. The fraction of sp³-hybridized carbons (Fsp3) is 0.529. The fourth-order valence-corrected chi connectivity index (χ4v) is 3.48. The minimum Gasteiger partial charge on any atom is -0.469 e. The van der Waals surface area contributed by atoms with Crippen molar-refractivity contribution in [3.63, 3.8) is 0 Å². The summed E-state index contributed by atoms with van der Waals surface area (Å²) >= 11 is 0. The van der Waals surface area contributed by atoms with E-state index >= 15 is 0 Å². The number of benzene rings is 1. The summed E-state index contributed by atoms with van der Waals surface area (Å²) in [6.45, 7) is 3.08. The van der Waals surface area contributed by atoms with Gasteiger partial charge < -0.3 is 9.64 Å². The van der Waals surface area contributed by atoms with Gasteiger partial charge in [-0.15, -0.1) is 0 Å². The molecule has 1 fully saturated rings. The number of hydrogen-bond donors (Lipinski definition) is 0. The van der Waals surface area contributed by atoms with Crippen molar-refractivity contribution < 1.29 is 14.3 Å². The lowest BCUT2D eigenvalue weighted by Crippen LogP contribution is -2.30. The maximum atomic E-state index is 12.6. The Labute approximate surface area is 125 Å². The molecular formula is C17H21NO3. The summed E-state index contributed by atoms with van der Waals surface area (Å²) < 4.78 is 4.82. The van der Waals surface area contributed by atoms with Crippen LogP contribution in [-0.4, -0.2) is 37.0 Å². The zero-order valence-electron chi connectivity index (χ0n) is 12.6. The Hall–Kier alpha value is -1.84. The van der Waals surface area contributed by atoms with Crippen LogP contribution in [-0.2, 0) is 22.4 Å². The van der Waals surface area contributed by atoms with Gasteiger partial charge in [0.05, 0.1) is 13.0 Å². The third-order valence-corrected chi connectivity index (χ3v) is 4.75. The van der Waals surface area contributed by atoms with Gasteiger partial charge in [-0.2, -0.15) is 0 Å². The Morgan fingerprint density at radius 1 is 1.19 bits per heavy atom. The van der Waals surface area contributed by atoms with E-state index in [1.165, 1.54) is 24.7 Å². The minimum atomic E-state index is -0.216. The van der Waals surface area contributed by atoms with Gasteiger partial charge in [0, 0.05) is 18.7 Å². The molecule has 2 atom stereocenters. The first-order chi connectivity index (χ1) is 10.1. The van der Waals surface area contributed by atoms with Crippen molar-refractivity contribution in [3.05, 3.63) is 34.9 Å². The van der Waals surface area contributed by atoms with E-state index in [1.807, 2.05) is 19.1 Å². The highest BCUT2D eigenvalue weighted by Gasteiger charge is 2.38. The van der Waals surface area contributed by atoms with E-state index in [1.54, 1.807) is 4.90 Å². The van der Waals surface area contributed by atoms with Crippen LogP contribution in [0, 0.1) is 11.8 Å². The molecule has 1 aliphatic heterocycles. The Morgan fingerprint density at radius 3 is 2.71 bits per heavy atom. The van der Waals surface area contributed by atoms with Gasteiger partial charge in [0.2, 0.25) is 0 Å². The largest absolute Gasteiger partial charge is 0.469 e. The van der Waals surface area contributed by atoms with Crippen molar-refractivity contribution >= 4 is 11.9 Å². The molecule has 4 nitrogen and oxygen atoms in total. The van der Waals surface area contributed by atoms with Gasteiger partial charge in [0.1, 0.15) is 0 Å². The van der Waals surface area contributed by atoms with Crippen LogP contribution in [0.5, 0.6) is 0 Å². The lowest BCUT2D eigenvalue weighted by molar-refractivity contribution is -0.146.